The van der Waals surface area contributed by atoms with Gasteiger partial charge < -0.3 is 10.8 Å². The summed E-state index contributed by atoms with van der Waals surface area (Å²) in [6, 6.07) is 0. The quantitative estimate of drug-likeness (QED) is 0.236. The molecule has 0 spiro atoms. The molecule has 0 aromatic rings. The molecule has 0 heterocycles. The van der Waals surface area contributed by atoms with E-state index >= 15 is 0 Å². The smallest absolute Gasteiger partial charge is 0.340 e. The highest BCUT2D eigenvalue weighted by atomic mass is 16.4. The van der Waals surface area contributed by atoms with Gasteiger partial charge >= 0.3 is 5.97 Å². The molecule has 0 aliphatic rings. The van der Waals surface area contributed by atoms with E-state index in [9.17, 15) is 4.79 Å². The number of aliphatic carboxylic acids is 1. The molecule has 0 radical (unpaired) electrons. The van der Waals surface area contributed by atoms with Crippen molar-refractivity contribution < 1.29 is 9.90 Å². The van der Waals surface area contributed by atoms with Gasteiger partial charge in [-0.25, -0.2) is 9.80 Å². The topological polar surface area (TPSA) is 92.6 Å². The number of carboxylic acids is 1. The molecule has 102 valence electrons. The molecule has 1 unspecified atom stereocenters. The first kappa shape index (κ1) is 16.4. The molecule has 0 aliphatic carbocycles. The van der Waals surface area contributed by atoms with Crippen molar-refractivity contribution in [3.63, 3.8) is 0 Å². The van der Waals surface area contributed by atoms with Crippen LogP contribution in [0, 0.1) is 0 Å². The zero-order valence-electron chi connectivity index (χ0n) is 11.1. The number of nitrogens with two attached hydrogens (primary N) is 2. The van der Waals surface area contributed by atoms with Gasteiger partial charge in [-0.2, -0.15) is 0 Å². The van der Waals surface area contributed by atoms with Gasteiger partial charge in [-0.05, 0) is 12.8 Å². The number of carboxylic acid groups (broad SMARTS) is 1. The second kappa shape index (κ2) is 8.44. The van der Waals surface area contributed by atoms with Gasteiger partial charge in [0.05, 0.1) is 0 Å². The fourth-order valence-electron chi connectivity index (χ4n) is 1.83. The van der Waals surface area contributed by atoms with Crippen LogP contribution in [-0.4, -0.2) is 28.3 Å². The predicted molar refractivity (Wildman–Crippen MR) is 69.1 cm³/mol. The van der Waals surface area contributed by atoms with Crippen LogP contribution in [0.3, 0.4) is 0 Å². The molecule has 0 rings (SSSR count). The van der Waals surface area contributed by atoms with E-state index in [0.29, 0.717) is 13.0 Å². The third-order valence-corrected chi connectivity index (χ3v) is 3.14. The monoisotopic (exact) mass is 245 g/mol. The van der Waals surface area contributed by atoms with Crippen molar-refractivity contribution in [1.82, 2.24) is 5.01 Å². The zero-order valence-corrected chi connectivity index (χ0v) is 11.1. The molecule has 0 saturated carbocycles. The molecule has 0 aromatic heterocycles. The highest BCUT2D eigenvalue weighted by Crippen LogP contribution is 2.16. The van der Waals surface area contributed by atoms with E-state index in [1.54, 1.807) is 6.92 Å². The van der Waals surface area contributed by atoms with E-state index in [-0.39, 0.29) is 0 Å². The van der Waals surface area contributed by atoms with Crippen LogP contribution in [0.25, 0.3) is 0 Å². The van der Waals surface area contributed by atoms with Gasteiger partial charge in [-0.3, -0.25) is 5.84 Å². The minimum Gasteiger partial charge on any atom is -0.479 e. The average molecular weight is 245 g/mol. The summed E-state index contributed by atoms with van der Waals surface area (Å²) in [5.74, 6) is 4.60. The molecular weight excluding hydrogens is 218 g/mol. The van der Waals surface area contributed by atoms with E-state index < -0.39 is 11.6 Å². The van der Waals surface area contributed by atoms with Crippen molar-refractivity contribution in [1.29, 1.82) is 0 Å². The molecular formula is C12H27N3O2. The molecule has 0 fully saturated rings. The Bertz CT molecular complexity index is 224. The molecule has 17 heavy (non-hydrogen) atoms. The number of rotatable bonds is 10. The van der Waals surface area contributed by atoms with E-state index in [2.05, 4.69) is 6.92 Å². The minimum atomic E-state index is -1.42. The Kier molecular flexibility index (Phi) is 8.12. The molecule has 5 N–H and O–H groups in total. The van der Waals surface area contributed by atoms with Crippen LogP contribution in [-0.2, 0) is 4.79 Å². The number of hydrogen-bond donors (Lipinski definition) is 3. The van der Waals surface area contributed by atoms with Crippen molar-refractivity contribution in [2.75, 3.05) is 6.54 Å². The lowest BCUT2D eigenvalue weighted by molar-refractivity contribution is -0.152. The van der Waals surface area contributed by atoms with Crippen molar-refractivity contribution >= 4 is 5.97 Å². The largest absolute Gasteiger partial charge is 0.479 e. The molecule has 0 aliphatic heterocycles. The first-order valence-corrected chi connectivity index (χ1v) is 6.53. The van der Waals surface area contributed by atoms with Gasteiger partial charge in [0.1, 0.15) is 0 Å². The van der Waals surface area contributed by atoms with Gasteiger partial charge in [0.2, 0.25) is 0 Å². The van der Waals surface area contributed by atoms with Crippen LogP contribution in [0.15, 0.2) is 0 Å². The van der Waals surface area contributed by atoms with Crippen molar-refractivity contribution in [3.8, 4) is 0 Å². The SMILES string of the molecule is CCCCCCCCC(N)(C(=O)O)N(N)CC. The summed E-state index contributed by atoms with van der Waals surface area (Å²) >= 11 is 0. The third-order valence-electron chi connectivity index (χ3n) is 3.14. The summed E-state index contributed by atoms with van der Waals surface area (Å²) in [5, 5.41) is 10.3. The lowest BCUT2D eigenvalue weighted by atomic mass is 10.0. The number of unbranched alkanes of at least 4 members (excludes halogenated alkanes) is 5. The van der Waals surface area contributed by atoms with Gasteiger partial charge in [0.25, 0.3) is 0 Å². The van der Waals surface area contributed by atoms with E-state index in [4.69, 9.17) is 16.7 Å². The van der Waals surface area contributed by atoms with Crippen LogP contribution in [0.4, 0.5) is 0 Å². The van der Waals surface area contributed by atoms with Crippen molar-refractivity contribution in [2.24, 2.45) is 11.6 Å². The Labute approximate surface area is 104 Å². The number of carbonyl (C=O) groups is 1. The lowest BCUT2D eigenvalue weighted by Gasteiger charge is -2.33. The standard InChI is InChI=1S/C12H27N3O2/c1-3-5-6-7-8-9-10-12(13,11(16)17)15(14)4-2/h3-10,13-14H2,1-2H3,(H,16,17). The fourth-order valence-corrected chi connectivity index (χ4v) is 1.83. The average Bonchev–Trinajstić information content (AvgIpc) is 2.31. The van der Waals surface area contributed by atoms with Crippen molar-refractivity contribution in [2.45, 2.75) is 64.5 Å². The van der Waals surface area contributed by atoms with Crippen LogP contribution in [0.2, 0.25) is 0 Å². The van der Waals surface area contributed by atoms with Gasteiger partial charge in [0, 0.05) is 6.54 Å². The molecule has 0 aromatic carbocycles. The van der Waals surface area contributed by atoms with E-state index in [1.165, 1.54) is 24.3 Å². The highest BCUT2D eigenvalue weighted by molar-refractivity contribution is 5.77. The summed E-state index contributed by atoms with van der Waals surface area (Å²) < 4.78 is 0. The Morgan fingerprint density at radius 3 is 2.18 bits per heavy atom. The molecule has 1 atom stereocenters. The molecule has 5 nitrogen and oxygen atoms in total. The Morgan fingerprint density at radius 2 is 1.71 bits per heavy atom. The molecule has 0 bridgehead atoms. The summed E-state index contributed by atoms with van der Waals surface area (Å²) in [4.78, 5) is 11.1. The maximum absolute atomic E-state index is 11.1. The van der Waals surface area contributed by atoms with E-state index in [0.717, 1.165) is 19.3 Å². The first-order chi connectivity index (χ1) is 7.99. The number of hydrazine groups is 1. The van der Waals surface area contributed by atoms with Crippen LogP contribution in [0.1, 0.15) is 58.8 Å². The zero-order chi connectivity index (χ0) is 13.3. The molecule has 5 heteroatoms. The molecule has 0 saturated heterocycles. The summed E-state index contributed by atoms with van der Waals surface area (Å²) in [5.41, 5.74) is 4.42. The number of likely N-dealkylation sites (N-methyl/N-ethyl adjacent to an activating group) is 1. The van der Waals surface area contributed by atoms with Crippen LogP contribution < -0.4 is 11.6 Å². The normalized spacial score (nSPS) is 14.9. The molecule has 0 amide bonds. The second-order valence-electron chi connectivity index (χ2n) is 4.53. The van der Waals surface area contributed by atoms with Crippen molar-refractivity contribution in [3.05, 3.63) is 0 Å². The second-order valence-corrected chi connectivity index (χ2v) is 4.53. The van der Waals surface area contributed by atoms with Gasteiger partial charge in [0.15, 0.2) is 5.66 Å². The Morgan fingerprint density at radius 1 is 1.18 bits per heavy atom. The maximum Gasteiger partial charge on any atom is 0.340 e. The predicted octanol–water partition coefficient (Wildman–Crippen LogP) is 1.67. The summed E-state index contributed by atoms with van der Waals surface area (Å²) in [6.07, 6.45) is 7.03. The summed E-state index contributed by atoms with van der Waals surface area (Å²) in [6.45, 7) is 4.40. The Balaban J connectivity index is 3.98. The Hall–Kier alpha value is -0.650. The number of nitrogens with zero attached hydrogens (tertiary/aromatic N) is 1. The summed E-state index contributed by atoms with van der Waals surface area (Å²) in [7, 11) is 0. The van der Waals surface area contributed by atoms with Crippen LogP contribution in [0.5, 0.6) is 0 Å². The fraction of sp³-hybridized carbons (Fsp3) is 0.917. The van der Waals surface area contributed by atoms with Gasteiger partial charge in [-0.15, -0.1) is 0 Å². The minimum absolute atomic E-state index is 0.402. The third kappa shape index (κ3) is 5.48. The van der Waals surface area contributed by atoms with Crippen LogP contribution >= 0.6 is 0 Å². The lowest BCUT2D eigenvalue weighted by Crippen LogP contribution is -2.64. The maximum atomic E-state index is 11.1. The highest BCUT2D eigenvalue weighted by Gasteiger charge is 2.37. The van der Waals surface area contributed by atoms with E-state index in [1.807, 2.05) is 0 Å². The first-order valence-electron chi connectivity index (χ1n) is 6.53. The number of hydrogen-bond acceptors (Lipinski definition) is 4. The van der Waals surface area contributed by atoms with Gasteiger partial charge in [-0.1, -0.05) is 46.0 Å².